The maximum atomic E-state index is 12.8. The van der Waals surface area contributed by atoms with Crippen LogP contribution in [0.25, 0.3) is 0 Å². The summed E-state index contributed by atoms with van der Waals surface area (Å²) in [5.41, 5.74) is 0. The van der Waals surface area contributed by atoms with Crippen LogP contribution in [0.3, 0.4) is 0 Å². The van der Waals surface area contributed by atoms with E-state index in [0.29, 0.717) is 6.42 Å². The van der Waals surface area contributed by atoms with Gasteiger partial charge in [0.1, 0.15) is 62.9 Å². The summed E-state index contributed by atoms with van der Waals surface area (Å²) in [6.45, 7) is -4.70. The van der Waals surface area contributed by atoms with Crippen molar-refractivity contribution in [3.63, 3.8) is 0 Å². The van der Waals surface area contributed by atoms with E-state index < -0.39 is 227 Å². The zero-order valence-corrected chi connectivity index (χ0v) is 50.9. The maximum Gasteiger partial charge on any atom is 0.328 e. The number of rotatable bonds is 55. The molecule has 0 aliphatic heterocycles. The number of nitrogens with one attached hydrogen (secondary N) is 3. The zero-order valence-electron chi connectivity index (χ0n) is 50.9. The lowest BCUT2D eigenvalue weighted by atomic mass is 10.2. The molecule has 0 rings (SSSR count). The summed E-state index contributed by atoms with van der Waals surface area (Å²) in [5, 5.41) is 77.8. The van der Waals surface area contributed by atoms with Gasteiger partial charge in [0.25, 0.3) is 0 Å². The molecule has 3 amide bonds. The predicted octanol–water partition coefficient (Wildman–Crippen LogP) is -4.60. The quantitative estimate of drug-likeness (QED) is 0.0156. The summed E-state index contributed by atoms with van der Waals surface area (Å²) in [7, 11) is 4.68. The molecule has 512 valence electrons. The number of carbonyl (C=O) groups excluding carboxylic acids is 9. The van der Waals surface area contributed by atoms with E-state index in [2.05, 4.69) is 30.2 Å². The van der Waals surface area contributed by atoms with Gasteiger partial charge in [-0.1, -0.05) is 6.92 Å². The molecule has 0 radical (unpaired) electrons. The molecule has 0 saturated heterocycles. The third kappa shape index (κ3) is 40.2. The number of amides is 3. The summed E-state index contributed by atoms with van der Waals surface area (Å²) < 4.78 is 85.9. The molecule has 0 spiro atoms. The van der Waals surface area contributed by atoms with E-state index in [0.717, 1.165) is 14.2 Å². The molecule has 35 heteroatoms. The molecule has 0 bridgehead atoms. The van der Waals surface area contributed by atoms with Crippen molar-refractivity contribution in [2.45, 2.75) is 159 Å². The van der Waals surface area contributed by atoms with Gasteiger partial charge in [0.15, 0.2) is 31.5 Å². The number of aliphatic hydroxyl groups excluding tert-OH is 7. The first-order valence-corrected chi connectivity index (χ1v) is 28.2. The lowest BCUT2D eigenvalue weighted by Crippen LogP contribution is -2.41. The van der Waals surface area contributed by atoms with Gasteiger partial charge in [-0.15, -0.1) is 0 Å². The third-order valence-electron chi connectivity index (χ3n) is 11.6. The Morgan fingerprint density at radius 3 is 1.02 bits per heavy atom. The Bertz CT molecular complexity index is 1950. The van der Waals surface area contributed by atoms with Crippen molar-refractivity contribution in [3.8, 4) is 0 Å². The topological polar surface area (TPSA) is 479 Å². The Morgan fingerprint density at radius 1 is 0.364 bits per heavy atom. The van der Waals surface area contributed by atoms with Crippen molar-refractivity contribution in [3.05, 3.63) is 0 Å². The second-order valence-corrected chi connectivity index (χ2v) is 18.8. The molecular formula is C53H93N3O32. The molecule has 0 aliphatic carbocycles. The molecule has 0 heterocycles. The lowest BCUT2D eigenvalue weighted by molar-refractivity contribution is -0.264. The summed E-state index contributed by atoms with van der Waals surface area (Å²) in [5.74, 6) is -5.92. The van der Waals surface area contributed by atoms with Crippen LogP contribution in [0, 0.1) is 0 Å². The molecule has 0 aliphatic rings. The Balaban J connectivity index is 6.01. The number of hydrogen-bond acceptors (Lipinski definition) is 32. The van der Waals surface area contributed by atoms with Crippen LogP contribution >= 0.6 is 0 Å². The highest BCUT2D eigenvalue weighted by molar-refractivity contribution is 5.85. The van der Waals surface area contributed by atoms with Gasteiger partial charge in [-0.2, -0.15) is 0 Å². The van der Waals surface area contributed by atoms with Crippen molar-refractivity contribution in [1.29, 1.82) is 0 Å². The standard InChI is InChI=1S/C53H93N3O32/c1-8-35(19-57)84-47(22-60)82-30-38(28-78-44(68)16-10-13-41(65)55-33(2)52(71)75-6)87-49(24-62)80-26-36(20-58)85-48(23-61)83-31-39(29-77-43(67)15-9-12-40(64)54-18-46(70)73-4)88-50(25-63)81-27-37(21-59)86-51(74-5)32-79-45(69)17-11-14-42(66)56-34(3)53(72)76-7/h33-39,47-51,57-63H,8-32H2,1-7H3,(H,54,64)(H,55,65)(H,56,66). The Kier molecular flexibility index (Phi) is 48.1. The minimum atomic E-state index is -1.59. The van der Waals surface area contributed by atoms with Gasteiger partial charge >= 0.3 is 35.8 Å². The van der Waals surface area contributed by atoms with Crippen molar-refractivity contribution < 1.29 is 155 Å². The van der Waals surface area contributed by atoms with E-state index in [1.54, 1.807) is 6.92 Å². The number of ether oxygens (including phenoxy) is 16. The molecule has 0 fully saturated rings. The number of hydrogen-bond donors (Lipinski definition) is 10. The highest BCUT2D eigenvalue weighted by Gasteiger charge is 2.28. The van der Waals surface area contributed by atoms with E-state index in [1.807, 2.05) is 0 Å². The van der Waals surface area contributed by atoms with E-state index in [4.69, 9.17) is 61.6 Å². The third-order valence-corrected chi connectivity index (χ3v) is 11.6. The van der Waals surface area contributed by atoms with E-state index >= 15 is 0 Å². The first kappa shape index (κ1) is 82.6. The first-order valence-electron chi connectivity index (χ1n) is 28.2. The van der Waals surface area contributed by atoms with Crippen LogP contribution in [-0.2, 0) is 119 Å². The minimum absolute atomic E-state index is 0.0119. The molecule has 0 aromatic heterocycles. The summed E-state index contributed by atoms with van der Waals surface area (Å²) in [6.07, 6.45) is -13.8. The molecule has 88 heavy (non-hydrogen) atoms. The van der Waals surface area contributed by atoms with Crippen LogP contribution in [-0.4, -0.2) is 291 Å². The van der Waals surface area contributed by atoms with Crippen LogP contribution < -0.4 is 16.0 Å². The van der Waals surface area contributed by atoms with Gasteiger partial charge in [-0.3, -0.25) is 33.6 Å². The fourth-order valence-electron chi connectivity index (χ4n) is 6.79. The summed E-state index contributed by atoms with van der Waals surface area (Å²) >= 11 is 0. The molecule has 0 saturated carbocycles. The second-order valence-electron chi connectivity index (χ2n) is 18.8. The maximum absolute atomic E-state index is 12.8. The smallest absolute Gasteiger partial charge is 0.328 e. The zero-order chi connectivity index (χ0) is 66.2. The van der Waals surface area contributed by atoms with Crippen LogP contribution in [0.15, 0.2) is 0 Å². The number of esters is 6. The van der Waals surface area contributed by atoms with Crippen LogP contribution in [0.4, 0.5) is 0 Å². The molecule has 35 nitrogen and oxygen atoms in total. The number of carbonyl (C=O) groups is 9. The average Bonchev–Trinajstić information content (AvgIpc) is 3.63. The molecule has 0 aromatic rings. The Labute approximate surface area is 509 Å². The summed E-state index contributed by atoms with van der Waals surface area (Å²) in [4.78, 5) is 109. The summed E-state index contributed by atoms with van der Waals surface area (Å²) in [6, 6.07) is -1.82. The fourth-order valence-corrected chi connectivity index (χ4v) is 6.79. The van der Waals surface area contributed by atoms with E-state index in [-0.39, 0.29) is 57.8 Å². The van der Waals surface area contributed by atoms with Crippen molar-refractivity contribution in [1.82, 2.24) is 16.0 Å². The second kappa shape index (κ2) is 51.3. The number of aliphatic hydroxyl groups is 7. The van der Waals surface area contributed by atoms with Crippen molar-refractivity contribution in [2.75, 3.05) is 127 Å². The van der Waals surface area contributed by atoms with Crippen LogP contribution in [0.2, 0.25) is 0 Å². The minimum Gasteiger partial charge on any atom is -0.468 e. The fraction of sp³-hybridized carbons (Fsp3) is 0.830. The van der Waals surface area contributed by atoms with Gasteiger partial charge in [0, 0.05) is 45.6 Å². The van der Waals surface area contributed by atoms with Gasteiger partial charge < -0.3 is 127 Å². The highest BCUT2D eigenvalue weighted by Crippen LogP contribution is 2.14. The van der Waals surface area contributed by atoms with Crippen molar-refractivity contribution >= 4 is 53.5 Å². The molecule has 12 atom stereocenters. The van der Waals surface area contributed by atoms with Crippen LogP contribution in [0.5, 0.6) is 0 Å². The average molecular weight is 1280 g/mol. The normalized spacial score (nSPS) is 15.5. The Morgan fingerprint density at radius 2 is 0.693 bits per heavy atom. The van der Waals surface area contributed by atoms with Crippen LogP contribution in [0.1, 0.15) is 85.0 Å². The molecule has 10 N–H and O–H groups in total. The van der Waals surface area contributed by atoms with Gasteiger partial charge in [0.05, 0.1) is 100 Å². The van der Waals surface area contributed by atoms with E-state index in [1.165, 1.54) is 28.1 Å². The lowest BCUT2D eigenvalue weighted by Gasteiger charge is -2.29. The van der Waals surface area contributed by atoms with Gasteiger partial charge in [-0.05, 0) is 39.5 Å². The predicted molar refractivity (Wildman–Crippen MR) is 293 cm³/mol. The van der Waals surface area contributed by atoms with Gasteiger partial charge in [0.2, 0.25) is 17.7 Å². The van der Waals surface area contributed by atoms with Crippen molar-refractivity contribution in [2.24, 2.45) is 0 Å². The first-order chi connectivity index (χ1) is 42.1. The number of methoxy groups -OCH3 is 4. The molecule has 12 unspecified atom stereocenters. The highest BCUT2D eigenvalue weighted by atomic mass is 16.8. The monoisotopic (exact) mass is 1280 g/mol. The SMILES string of the molecule is CCC(CO)OC(CO)OCC(COC(=O)CCCC(=O)NC(C)C(=O)OC)OC(CO)OCC(CO)OC(CO)OCC(COC(=O)CCCC(=O)NCC(=O)OC)OC(CO)OCC(CO)OC(COC(=O)CCCC(=O)NC(C)C(=O)OC)OC. The largest absolute Gasteiger partial charge is 0.468 e. The molecular weight excluding hydrogens is 1190 g/mol. The van der Waals surface area contributed by atoms with Gasteiger partial charge in [-0.25, -0.2) is 9.59 Å². The molecule has 0 aromatic carbocycles. The Hall–Kier alpha value is -5.45. The van der Waals surface area contributed by atoms with E-state index in [9.17, 15) is 78.9 Å².